The van der Waals surface area contributed by atoms with Crippen molar-refractivity contribution in [2.24, 2.45) is 40.4 Å². The quantitative estimate of drug-likeness (QED) is 0.609. The summed E-state index contributed by atoms with van der Waals surface area (Å²) in [5.74, 6) is 2.78. The van der Waals surface area contributed by atoms with Gasteiger partial charge in [-0.05, 0) is 97.9 Å². The zero-order valence-corrected chi connectivity index (χ0v) is 17.6. The molecule has 0 heterocycles. The summed E-state index contributed by atoms with van der Waals surface area (Å²) in [6.45, 7) is 9.02. The molecule has 3 saturated carbocycles. The number of aliphatic carboxylic acids is 1. The fourth-order valence-corrected chi connectivity index (χ4v) is 8.08. The van der Waals surface area contributed by atoms with Gasteiger partial charge in [0.2, 0.25) is 0 Å². The highest BCUT2D eigenvalue weighted by Gasteiger charge is 2.59. The van der Waals surface area contributed by atoms with E-state index in [0.29, 0.717) is 23.0 Å². The molecule has 0 amide bonds. The van der Waals surface area contributed by atoms with E-state index in [1.807, 2.05) is 12.2 Å². The summed E-state index contributed by atoms with van der Waals surface area (Å²) in [6.07, 6.45) is 14.1. The van der Waals surface area contributed by atoms with E-state index in [0.717, 1.165) is 43.4 Å². The SMILES string of the molecule is C=C[C@H](CCC(=O)O)[C@H]1CCC2[C@@H]3CCC4=CC(=O)CC[C@]4(C)C3CC[C@@]21C. The largest absolute Gasteiger partial charge is 0.481 e. The molecule has 3 fully saturated rings. The van der Waals surface area contributed by atoms with Gasteiger partial charge in [-0.3, -0.25) is 9.59 Å². The van der Waals surface area contributed by atoms with Gasteiger partial charge in [-0.25, -0.2) is 0 Å². The number of rotatable bonds is 5. The normalized spacial score (nSPS) is 43.4. The Morgan fingerprint density at radius 1 is 1.21 bits per heavy atom. The predicted molar refractivity (Wildman–Crippen MR) is 111 cm³/mol. The van der Waals surface area contributed by atoms with Crippen LogP contribution in [0.3, 0.4) is 0 Å². The molecule has 0 aromatic heterocycles. The number of carboxylic acids is 1. The topological polar surface area (TPSA) is 54.4 Å². The molecular weight excluding hydrogens is 348 g/mol. The molecule has 0 saturated heterocycles. The van der Waals surface area contributed by atoms with Crippen LogP contribution in [0.25, 0.3) is 0 Å². The number of hydrogen-bond acceptors (Lipinski definition) is 2. The molecule has 2 unspecified atom stereocenters. The minimum Gasteiger partial charge on any atom is -0.481 e. The molecule has 28 heavy (non-hydrogen) atoms. The van der Waals surface area contributed by atoms with Crippen LogP contribution in [0.15, 0.2) is 24.3 Å². The highest BCUT2D eigenvalue weighted by molar-refractivity contribution is 5.91. The van der Waals surface area contributed by atoms with E-state index in [1.165, 1.54) is 37.7 Å². The Hall–Kier alpha value is -1.38. The number of carbonyl (C=O) groups is 2. The average Bonchev–Trinajstić information content (AvgIpc) is 3.00. The third-order valence-electron chi connectivity index (χ3n) is 9.55. The molecule has 3 nitrogen and oxygen atoms in total. The van der Waals surface area contributed by atoms with Crippen LogP contribution in [0.4, 0.5) is 0 Å². The third kappa shape index (κ3) is 3.00. The molecule has 0 aromatic carbocycles. The highest BCUT2D eigenvalue weighted by atomic mass is 16.4. The van der Waals surface area contributed by atoms with Crippen LogP contribution in [0.5, 0.6) is 0 Å². The van der Waals surface area contributed by atoms with Crippen LogP contribution in [0.2, 0.25) is 0 Å². The summed E-state index contributed by atoms with van der Waals surface area (Å²) in [7, 11) is 0. The summed E-state index contributed by atoms with van der Waals surface area (Å²) in [4.78, 5) is 23.1. The third-order valence-corrected chi connectivity index (χ3v) is 9.55. The van der Waals surface area contributed by atoms with Crippen molar-refractivity contribution in [2.45, 2.75) is 78.1 Å². The first-order valence-corrected chi connectivity index (χ1v) is 11.4. The number of allylic oxidation sites excluding steroid dienone is 2. The molecular formula is C25H36O3. The van der Waals surface area contributed by atoms with E-state index in [-0.39, 0.29) is 11.8 Å². The molecule has 3 heteroatoms. The van der Waals surface area contributed by atoms with Gasteiger partial charge >= 0.3 is 5.97 Å². The van der Waals surface area contributed by atoms with E-state index in [4.69, 9.17) is 5.11 Å². The van der Waals surface area contributed by atoms with Gasteiger partial charge < -0.3 is 5.11 Å². The Bertz CT molecular complexity index is 707. The molecule has 0 aliphatic heterocycles. The lowest BCUT2D eigenvalue weighted by atomic mass is 9.46. The maximum Gasteiger partial charge on any atom is 0.303 e. The van der Waals surface area contributed by atoms with Crippen LogP contribution in [0.1, 0.15) is 78.1 Å². The van der Waals surface area contributed by atoms with Gasteiger partial charge in [0.1, 0.15) is 0 Å². The van der Waals surface area contributed by atoms with Crippen molar-refractivity contribution in [3.8, 4) is 0 Å². The second-order valence-electron chi connectivity index (χ2n) is 10.5. The number of ketones is 1. The van der Waals surface area contributed by atoms with Gasteiger partial charge in [-0.2, -0.15) is 0 Å². The fraction of sp³-hybridized carbons (Fsp3) is 0.760. The molecule has 1 N–H and O–H groups in total. The molecule has 4 rings (SSSR count). The molecule has 4 aliphatic carbocycles. The Labute approximate surface area is 169 Å². The molecule has 0 bridgehead atoms. The van der Waals surface area contributed by atoms with Gasteiger partial charge in [-0.15, -0.1) is 6.58 Å². The van der Waals surface area contributed by atoms with E-state index >= 15 is 0 Å². The zero-order chi connectivity index (χ0) is 20.1. The van der Waals surface area contributed by atoms with Crippen molar-refractivity contribution >= 4 is 11.8 Å². The first-order valence-electron chi connectivity index (χ1n) is 11.4. The van der Waals surface area contributed by atoms with Gasteiger partial charge in [0.15, 0.2) is 5.78 Å². The Morgan fingerprint density at radius 3 is 2.71 bits per heavy atom. The molecule has 0 radical (unpaired) electrons. The van der Waals surface area contributed by atoms with Crippen molar-refractivity contribution in [3.63, 3.8) is 0 Å². The highest BCUT2D eigenvalue weighted by Crippen LogP contribution is 2.67. The van der Waals surface area contributed by atoms with Crippen molar-refractivity contribution in [1.29, 1.82) is 0 Å². The average molecular weight is 385 g/mol. The van der Waals surface area contributed by atoms with E-state index in [9.17, 15) is 9.59 Å². The maximum absolute atomic E-state index is 12.0. The van der Waals surface area contributed by atoms with E-state index in [2.05, 4.69) is 20.4 Å². The smallest absolute Gasteiger partial charge is 0.303 e. The summed E-state index contributed by atoms with van der Waals surface area (Å²) in [5, 5.41) is 9.15. The summed E-state index contributed by atoms with van der Waals surface area (Å²) < 4.78 is 0. The number of fused-ring (bicyclic) bond motifs is 5. The number of carbonyl (C=O) groups excluding carboxylic acids is 1. The van der Waals surface area contributed by atoms with Crippen molar-refractivity contribution in [1.82, 2.24) is 0 Å². The lowest BCUT2D eigenvalue weighted by molar-refractivity contribution is -0.137. The first-order chi connectivity index (χ1) is 13.3. The van der Waals surface area contributed by atoms with Crippen LogP contribution in [-0.2, 0) is 9.59 Å². The van der Waals surface area contributed by atoms with Crippen molar-refractivity contribution < 1.29 is 14.7 Å². The van der Waals surface area contributed by atoms with Gasteiger partial charge in [-0.1, -0.05) is 25.5 Å². The van der Waals surface area contributed by atoms with Gasteiger partial charge in [0, 0.05) is 12.8 Å². The van der Waals surface area contributed by atoms with Gasteiger partial charge in [0.25, 0.3) is 0 Å². The predicted octanol–water partition coefficient (Wildman–Crippen LogP) is 5.80. The standard InChI is InChI=1S/C25H36O3/c1-4-16(5-10-23(27)28)20-8-9-21-19-7-6-17-15-18(26)11-13-24(17,2)22(19)12-14-25(20,21)3/h4,15-16,19-22H,1,5-14H2,2-3H3,(H,27,28)/t16-,19+,20-,21?,22?,24+,25-/m1/s1. The molecule has 0 spiro atoms. The second-order valence-corrected chi connectivity index (χ2v) is 10.5. The minimum atomic E-state index is -0.693. The summed E-state index contributed by atoms with van der Waals surface area (Å²) in [6, 6.07) is 0. The molecule has 7 atom stereocenters. The summed E-state index contributed by atoms with van der Waals surface area (Å²) in [5.41, 5.74) is 1.99. The molecule has 4 aliphatic rings. The monoisotopic (exact) mass is 384 g/mol. The molecule has 0 aromatic rings. The van der Waals surface area contributed by atoms with Crippen LogP contribution < -0.4 is 0 Å². The Morgan fingerprint density at radius 2 is 2.00 bits per heavy atom. The van der Waals surface area contributed by atoms with E-state index in [1.54, 1.807) is 0 Å². The first kappa shape index (κ1) is 19.9. The Balaban J connectivity index is 1.57. The fourth-order valence-electron chi connectivity index (χ4n) is 8.08. The molecule has 154 valence electrons. The maximum atomic E-state index is 12.0. The van der Waals surface area contributed by atoms with Crippen molar-refractivity contribution in [2.75, 3.05) is 0 Å². The van der Waals surface area contributed by atoms with Crippen LogP contribution >= 0.6 is 0 Å². The minimum absolute atomic E-state index is 0.234. The lowest BCUT2D eigenvalue weighted by Crippen LogP contribution is -2.51. The second kappa shape index (κ2) is 7.15. The van der Waals surface area contributed by atoms with Crippen molar-refractivity contribution in [3.05, 3.63) is 24.3 Å². The summed E-state index contributed by atoms with van der Waals surface area (Å²) >= 11 is 0. The lowest BCUT2D eigenvalue weighted by Gasteiger charge is -2.58. The Kier molecular flexibility index (Phi) is 5.08. The zero-order valence-electron chi connectivity index (χ0n) is 17.6. The number of hydrogen-bond donors (Lipinski definition) is 1. The number of carboxylic acid groups (broad SMARTS) is 1. The van der Waals surface area contributed by atoms with Crippen LogP contribution in [0, 0.1) is 40.4 Å². The van der Waals surface area contributed by atoms with Crippen LogP contribution in [-0.4, -0.2) is 16.9 Å². The van der Waals surface area contributed by atoms with Gasteiger partial charge in [0.05, 0.1) is 0 Å². The van der Waals surface area contributed by atoms with E-state index < -0.39 is 5.97 Å².